The molecule has 17 heavy (non-hydrogen) atoms. The van der Waals surface area contributed by atoms with Crippen LogP contribution in [0.2, 0.25) is 0 Å². The second-order valence-electron chi connectivity index (χ2n) is 4.18. The summed E-state index contributed by atoms with van der Waals surface area (Å²) in [4.78, 5) is 24.1. The number of urea groups is 1. The molecule has 0 bridgehead atoms. The lowest BCUT2D eigenvalue weighted by Crippen LogP contribution is -2.30. The molecule has 7 heteroatoms. The number of β-amino-alcohol motifs (C(OH)–C–C–N with tert-alkyl or cyclic N) is 1. The van der Waals surface area contributed by atoms with Gasteiger partial charge in [0.25, 0.3) is 0 Å². The quantitative estimate of drug-likeness (QED) is 0.506. The Balaban J connectivity index is 2.21. The highest BCUT2D eigenvalue weighted by Gasteiger charge is 2.35. The fraction of sp³-hybridized carbons (Fsp3) is 0.500. The first-order valence-corrected chi connectivity index (χ1v) is 5.25. The lowest BCUT2D eigenvalue weighted by atomic mass is 9.92. The number of likely N-dealkylation sites (N-methyl/N-ethyl adjacent to an activating group) is 1. The molecule has 2 amide bonds. The average molecular weight is 238 g/mol. The summed E-state index contributed by atoms with van der Waals surface area (Å²) in [6.45, 7) is 0.495. The van der Waals surface area contributed by atoms with Crippen LogP contribution in [0.1, 0.15) is 12.8 Å². The van der Waals surface area contributed by atoms with E-state index in [9.17, 15) is 14.7 Å². The molecule has 1 aliphatic heterocycles. The number of hydrazone groups is 1. The van der Waals surface area contributed by atoms with Gasteiger partial charge in [0, 0.05) is 25.7 Å². The second-order valence-corrected chi connectivity index (χ2v) is 4.18. The molecular formula is C10H14N4O3. The molecule has 0 aromatic rings. The van der Waals surface area contributed by atoms with E-state index >= 15 is 0 Å². The summed E-state index contributed by atoms with van der Waals surface area (Å²) in [5.74, 6) is -0.154. The van der Waals surface area contributed by atoms with Crippen molar-refractivity contribution in [2.75, 3.05) is 13.6 Å². The van der Waals surface area contributed by atoms with Crippen molar-refractivity contribution in [1.29, 1.82) is 0 Å². The first-order valence-electron chi connectivity index (χ1n) is 5.25. The fourth-order valence-corrected chi connectivity index (χ4v) is 2.14. The van der Waals surface area contributed by atoms with Gasteiger partial charge >= 0.3 is 6.03 Å². The predicted octanol–water partition coefficient (Wildman–Crippen LogP) is -1.07. The smallest absolute Gasteiger partial charge is 0.332 e. The molecule has 0 aromatic carbocycles. The molecule has 2 aliphatic rings. The van der Waals surface area contributed by atoms with Crippen LogP contribution in [0.4, 0.5) is 4.79 Å². The fourth-order valence-electron chi connectivity index (χ4n) is 2.14. The maximum atomic E-state index is 11.7. The maximum Gasteiger partial charge on any atom is 0.332 e. The molecule has 0 aromatic heterocycles. The minimum Gasteiger partial charge on any atom is -0.387 e. The van der Waals surface area contributed by atoms with Crippen LogP contribution < -0.4 is 11.2 Å². The number of nitrogens with two attached hydrogens (primary N) is 1. The predicted molar refractivity (Wildman–Crippen MR) is 60.1 cm³/mol. The molecule has 0 radical (unpaired) electrons. The van der Waals surface area contributed by atoms with Crippen molar-refractivity contribution in [2.24, 2.45) is 10.8 Å². The average Bonchev–Trinajstić information content (AvgIpc) is 2.51. The maximum absolute atomic E-state index is 11.7. The molecule has 1 heterocycles. The van der Waals surface area contributed by atoms with E-state index in [4.69, 9.17) is 5.73 Å². The molecule has 92 valence electrons. The van der Waals surface area contributed by atoms with Crippen LogP contribution in [0, 0.1) is 0 Å². The SMILES string of the molecule is CN1CC(O)C2=C1CC(=O)/C(=N\NC(N)=O)C2. The zero-order valence-corrected chi connectivity index (χ0v) is 9.43. The lowest BCUT2D eigenvalue weighted by molar-refractivity contribution is -0.112. The highest BCUT2D eigenvalue weighted by atomic mass is 16.3. The van der Waals surface area contributed by atoms with E-state index in [2.05, 4.69) is 5.10 Å². The van der Waals surface area contributed by atoms with Crippen molar-refractivity contribution in [2.45, 2.75) is 18.9 Å². The van der Waals surface area contributed by atoms with Gasteiger partial charge in [0.05, 0.1) is 12.5 Å². The number of aliphatic hydroxyl groups excluding tert-OH is 1. The number of allylic oxidation sites excluding steroid dienone is 1. The number of Topliss-reactive ketones (excluding diaryl/α,β-unsaturated/α-hetero) is 1. The van der Waals surface area contributed by atoms with Crippen LogP contribution >= 0.6 is 0 Å². The van der Waals surface area contributed by atoms with E-state index in [0.717, 1.165) is 11.3 Å². The number of amides is 2. The Labute approximate surface area is 98.0 Å². The van der Waals surface area contributed by atoms with Crippen LogP contribution in [0.15, 0.2) is 16.4 Å². The molecule has 1 unspecified atom stereocenters. The van der Waals surface area contributed by atoms with Gasteiger partial charge in [-0.1, -0.05) is 0 Å². The number of hydrogen-bond acceptors (Lipinski definition) is 5. The van der Waals surface area contributed by atoms with Crippen LogP contribution in [0.5, 0.6) is 0 Å². The van der Waals surface area contributed by atoms with Crippen molar-refractivity contribution >= 4 is 17.5 Å². The Morgan fingerprint density at radius 1 is 1.59 bits per heavy atom. The third-order valence-corrected chi connectivity index (χ3v) is 2.99. The number of rotatable bonds is 1. The number of hydrogen-bond donors (Lipinski definition) is 3. The zero-order chi connectivity index (χ0) is 12.6. The van der Waals surface area contributed by atoms with Crippen molar-refractivity contribution in [3.63, 3.8) is 0 Å². The number of nitrogens with zero attached hydrogens (tertiary/aromatic N) is 2. The molecule has 2 rings (SSSR count). The van der Waals surface area contributed by atoms with Gasteiger partial charge in [-0.25, -0.2) is 10.2 Å². The summed E-state index contributed by atoms with van der Waals surface area (Å²) in [5, 5.41) is 13.5. The number of ketones is 1. The monoisotopic (exact) mass is 238 g/mol. The van der Waals surface area contributed by atoms with Gasteiger partial charge in [0.15, 0.2) is 5.78 Å². The summed E-state index contributed by atoms with van der Waals surface area (Å²) in [5.41, 5.74) is 8.81. The van der Waals surface area contributed by atoms with Gasteiger partial charge < -0.3 is 15.7 Å². The molecule has 1 atom stereocenters. The minimum atomic E-state index is -0.811. The lowest BCUT2D eigenvalue weighted by Gasteiger charge is -2.20. The minimum absolute atomic E-state index is 0.154. The molecule has 0 fully saturated rings. The summed E-state index contributed by atoms with van der Waals surface area (Å²) >= 11 is 0. The molecule has 0 spiro atoms. The van der Waals surface area contributed by atoms with Gasteiger partial charge in [-0.3, -0.25) is 4.79 Å². The number of primary amides is 1. The molecule has 4 N–H and O–H groups in total. The van der Waals surface area contributed by atoms with E-state index in [1.165, 1.54) is 0 Å². The topological polar surface area (TPSA) is 108 Å². The zero-order valence-electron chi connectivity index (χ0n) is 9.43. The molecule has 0 saturated heterocycles. The first kappa shape index (κ1) is 11.6. The Morgan fingerprint density at radius 2 is 2.29 bits per heavy atom. The van der Waals surface area contributed by atoms with Crippen molar-refractivity contribution < 1.29 is 14.7 Å². The standard InChI is InChI=1S/C10H14N4O3/c1-14-4-9(16)5-2-6(12-13-10(11)17)8(15)3-7(5)14/h9,16H,2-4H2,1H3,(H3,11,13,17)/b12-6-. The van der Waals surface area contributed by atoms with Crippen molar-refractivity contribution in [1.82, 2.24) is 10.3 Å². The highest BCUT2D eigenvalue weighted by molar-refractivity contribution is 6.41. The molecule has 7 nitrogen and oxygen atoms in total. The summed E-state index contributed by atoms with van der Waals surface area (Å²) in [6.07, 6.45) is -0.0934. The Kier molecular flexibility index (Phi) is 2.84. The molecule has 0 saturated carbocycles. The Morgan fingerprint density at radius 3 is 2.94 bits per heavy atom. The van der Waals surface area contributed by atoms with E-state index in [0.29, 0.717) is 6.54 Å². The van der Waals surface area contributed by atoms with Crippen LogP contribution in [0.3, 0.4) is 0 Å². The number of aliphatic hydroxyl groups is 1. The molecule has 1 aliphatic carbocycles. The number of carbonyl (C=O) groups is 2. The number of carbonyl (C=O) groups excluding carboxylic acids is 2. The Bertz CT molecular complexity index is 441. The second kappa shape index (κ2) is 4.17. The van der Waals surface area contributed by atoms with E-state index in [-0.39, 0.29) is 24.3 Å². The van der Waals surface area contributed by atoms with Gasteiger partial charge in [-0.15, -0.1) is 0 Å². The van der Waals surface area contributed by atoms with Crippen molar-refractivity contribution in [3.8, 4) is 0 Å². The Hall–Kier alpha value is -1.89. The van der Waals surface area contributed by atoms with Gasteiger partial charge in [-0.2, -0.15) is 5.10 Å². The van der Waals surface area contributed by atoms with Crippen LogP contribution in [-0.2, 0) is 4.79 Å². The van der Waals surface area contributed by atoms with Crippen LogP contribution in [-0.4, -0.2) is 47.2 Å². The summed E-state index contributed by atoms with van der Waals surface area (Å²) in [6, 6.07) is -0.811. The first-order chi connectivity index (χ1) is 7.99. The number of nitrogens with one attached hydrogen (secondary N) is 1. The third kappa shape index (κ3) is 2.14. The third-order valence-electron chi connectivity index (χ3n) is 2.99. The van der Waals surface area contributed by atoms with E-state index < -0.39 is 12.1 Å². The largest absolute Gasteiger partial charge is 0.387 e. The highest BCUT2D eigenvalue weighted by Crippen LogP contribution is 2.31. The van der Waals surface area contributed by atoms with Gasteiger partial charge in [0.1, 0.15) is 5.71 Å². The van der Waals surface area contributed by atoms with Gasteiger partial charge in [-0.05, 0) is 5.57 Å². The summed E-state index contributed by atoms with van der Waals surface area (Å²) in [7, 11) is 1.84. The normalized spacial score (nSPS) is 26.5. The van der Waals surface area contributed by atoms with Crippen LogP contribution in [0.25, 0.3) is 0 Å². The molecular weight excluding hydrogens is 224 g/mol. The van der Waals surface area contributed by atoms with E-state index in [1.807, 2.05) is 17.4 Å². The van der Waals surface area contributed by atoms with E-state index in [1.54, 1.807) is 0 Å². The summed E-state index contributed by atoms with van der Waals surface area (Å²) < 4.78 is 0. The van der Waals surface area contributed by atoms with Crippen molar-refractivity contribution in [3.05, 3.63) is 11.3 Å². The van der Waals surface area contributed by atoms with Gasteiger partial charge in [0.2, 0.25) is 0 Å².